The zero-order valence-electron chi connectivity index (χ0n) is 12.1. The van der Waals surface area contributed by atoms with Crippen molar-refractivity contribution in [3.63, 3.8) is 0 Å². The lowest BCUT2D eigenvalue weighted by molar-refractivity contribution is -0.147. The molecule has 108 valence electrons. The smallest absolute Gasteiger partial charge is 0.238 e. The number of amides is 1. The summed E-state index contributed by atoms with van der Waals surface area (Å²) >= 11 is 0. The minimum Gasteiger partial charge on any atom is -0.313 e. The first-order valence-corrected chi connectivity index (χ1v) is 6.79. The molecule has 0 aliphatic rings. The Kier molecular flexibility index (Phi) is 10.8. The maximum absolute atomic E-state index is 12.2. The number of hydrazine groups is 1. The Morgan fingerprint density at radius 1 is 1.16 bits per heavy atom. The van der Waals surface area contributed by atoms with Crippen molar-refractivity contribution in [2.45, 2.75) is 19.8 Å². The normalized spacial score (nSPS) is 10.2. The van der Waals surface area contributed by atoms with Crippen LogP contribution in [0, 0.1) is 0 Å². The van der Waals surface area contributed by atoms with E-state index in [1.165, 1.54) is 0 Å². The van der Waals surface area contributed by atoms with Crippen molar-refractivity contribution in [1.82, 2.24) is 15.3 Å². The van der Waals surface area contributed by atoms with Crippen LogP contribution in [0.3, 0.4) is 0 Å². The molecule has 0 radical (unpaired) electrons. The standard InChI is InChI=1S/C15H27N3O/c1-5-10-16-11-9-15(19)18(14-8-4)17(12-6-2)13-7-3/h5-7,16H,1-3,8-14H2,4H3. The molecule has 4 heteroatoms. The molecule has 0 bridgehead atoms. The fourth-order valence-electron chi connectivity index (χ4n) is 1.73. The van der Waals surface area contributed by atoms with Gasteiger partial charge >= 0.3 is 0 Å². The van der Waals surface area contributed by atoms with Crippen LogP contribution in [0.5, 0.6) is 0 Å². The van der Waals surface area contributed by atoms with Gasteiger partial charge in [0, 0.05) is 39.1 Å². The molecule has 0 spiro atoms. The molecule has 0 aliphatic carbocycles. The van der Waals surface area contributed by atoms with E-state index in [9.17, 15) is 4.79 Å². The van der Waals surface area contributed by atoms with Gasteiger partial charge < -0.3 is 5.32 Å². The number of carbonyl (C=O) groups excluding carboxylic acids is 1. The van der Waals surface area contributed by atoms with Gasteiger partial charge in [0.2, 0.25) is 5.91 Å². The van der Waals surface area contributed by atoms with Gasteiger partial charge in [0.15, 0.2) is 0 Å². The molecule has 1 amide bonds. The molecule has 0 saturated heterocycles. The van der Waals surface area contributed by atoms with Crippen LogP contribution in [0.1, 0.15) is 19.8 Å². The minimum atomic E-state index is 0.127. The highest BCUT2D eigenvalue weighted by molar-refractivity contribution is 5.75. The molecule has 0 rings (SSSR count). The van der Waals surface area contributed by atoms with E-state index >= 15 is 0 Å². The molecular formula is C15H27N3O. The molecule has 0 atom stereocenters. The highest BCUT2D eigenvalue weighted by Crippen LogP contribution is 2.04. The Balaban J connectivity index is 4.46. The maximum atomic E-state index is 12.2. The second-order valence-corrected chi connectivity index (χ2v) is 4.21. The molecule has 0 aromatic carbocycles. The molecule has 0 aromatic rings. The first-order chi connectivity index (χ1) is 9.21. The van der Waals surface area contributed by atoms with Crippen molar-refractivity contribution in [2.24, 2.45) is 0 Å². The predicted molar refractivity (Wildman–Crippen MR) is 81.7 cm³/mol. The second kappa shape index (κ2) is 11.7. The molecule has 0 fully saturated rings. The highest BCUT2D eigenvalue weighted by Gasteiger charge is 2.18. The van der Waals surface area contributed by atoms with Gasteiger partial charge in [-0.1, -0.05) is 25.2 Å². The van der Waals surface area contributed by atoms with Crippen LogP contribution in [-0.4, -0.2) is 48.6 Å². The number of hydrogen-bond donors (Lipinski definition) is 1. The number of nitrogens with zero attached hydrogens (tertiary/aromatic N) is 2. The lowest BCUT2D eigenvalue weighted by Gasteiger charge is -2.33. The second-order valence-electron chi connectivity index (χ2n) is 4.21. The van der Waals surface area contributed by atoms with Crippen molar-refractivity contribution < 1.29 is 4.79 Å². The molecule has 0 saturated carbocycles. The van der Waals surface area contributed by atoms with Crippen LogP contribution in [0.4, 0.5) is 0 Å². The third-order valence-corrected chi connectivity index (χ3v) is 2.55. The molecule has 0 aliphatic heterocycles. The van der Waals surface area contributed by atoms with Gasteiger partial charge in [-0.3, -0.25) is 9.80 Å². The Morgan fingerprint density at radius 3 is 2.26 bits per heavy atom. The monoisotopic (exact) mass is 265 g/mol. The minimum absolute atomic E-state index is 0.127. The zero-order chi connectivity index (χ0) is 14.5. The van der Waals surface area contributed by atoms with Crippen molar-refractivity contribution >= 4 is 5.91 Å². The third kappa shape index (κ3) is 7.59. The van der Waals surface area contributed by atoms with E-state index in [-0.39, 0.29) is 5.91 Å². The molecule has 0 heterocycles. The van der Waals surface area contributed by atoms with Gasteiger partial charge in [0.1, 0.15) is 0 Å². The van der Waals surface area contributed by atoms with E-state index in [1.807, 2.05) is 5.01 Å². The Bertz CT molecular complexity index is 279. The fraction of sp³-hybridized carbons (Fsp3) is 0.533. The van der Waals surface area contributed by atoms with Crippen LogP contribution in [0.2, 0.25) is 0 Å². The lowest BCUT2D eigenvalue weighted by Crippen LogP contribution is -2.47. The van der Waals surface area contributed by atoms with Gasteiger partial charge in [0.25, 0.3) is 0 Å². The first-order valence-electron chi connectivity index (χ1n) is 6.79. The summed E-state index contributed by atoms with van der Waals surface area (Å²) in [5, 5.41) is 6.92. The van der Waals surface area contributed by atoms with Crippen molar-refractivity contribution in [1.29, 1.82) is 0 Å². The molecule has 4 nitrogen and oxygen atoms in total. The van der Waals surface area contributed by atoms with Crippen LogP contribution in [0.15, 0.2) is 38.0 Å². The molecule has 0 unspecified atom stereocenters. The summed E-state index contributed by atoms with van der Waals surface area (Å²) < 4.78 is 0. The molecular weight excluding hydrogens is 238 g/mol. The topological polar surface area (TPSA) is 35.6 Å². The summed E-state index contributed by atoms with van der Waals surface area (Å²) in [5.74, 6) is 0.127. The molecule has 0 aromatic heterocycles. The summed E-state index contributed by atoms with van der Waals surface area (Å²) in [6.07, 6.45) is 6.80. The lowest BCUT2D eigenvalue weighted by atomic mass is 10.3. The average molecular weight is 265 g/mol. The van der Waals surface area contributed by atoms with Gasteiger partial charge in [-0.05, 0) is 6.42 Å². The van der Waals surface area contributed by atoms with Crippen LogP contribution >= 0.6 is 0 Å². The van der Waals surface area contributed by atoms with E-state index in [2.05, 4.69) is 32.0 Å². The summed E-state index contributed by atoms with van der Waals surface area (Å²) in [6, 6.07) is 0. The molecule has 19 heavy (non-hydrogen) atoms. The number of hydrogen-bond acceptors (Lipinski definition) is 3. The number of nitrogens with one attached hydrogen (secondary N) is 1. The largest absolute Gasteiger partial charge is 0.313 e. The first kappa shape index (κ1) is 17.6. The SMILES string of the molecule is C=CCNCCC(=O)N(CCC)N(CC=C)CC=C. The third-order valence-electron chi connectivity index (χ3n) is 2.55. The van der Waals surface area contributed by atoms with Gasteiger partial charge in [-0.2, -0.15) is 0 Å². The van der Waals surface area contributed by atoms with Crippen LogP contribution in [-0.2, 0) is 4.79 Å². The van der Waals surface area contributed by atoms with E-state index in [0.717, 1.165) is 19.5 Å². The van der Waals surface area contributed by atoms with Crippen LogP contribution in [0.25, 0.3) is 0 Å². The predicted octanol–water partition coefficient (Wildman–Crippen LogP) is 1.98. The van der Waals surface area contributed by atoms with E-state index in [0.29, 0.717) is 26.1 Å². The van der Waals surface area contributed by atoms with E-state index in [1.54, 1.807) is 23.2 Å². The van der Waals surface area contributed by atoms with E-state index in [4.69, 9.17) is 0 Å². The van der Waals surface area contributed by atoms with Gasteiger partial charge in [0.05, 0.1) is 0 Å². The molecule has 1 N–H and O–H groups in total. The summed E-state index contributed by atoms with van der Waals surface area (Å²) in [7, 11) is 0. The fourth-order valence-corrected chi connectivity index (χ4v) is 1.73. The maximum Gasteiger partial charge on any atom is 0.238 e. The van der Waals surface area contributed by atoms with Crippen LogP contribution < -0.4 is 5.32 Å². The summed E-state index contributed by atoms with van der Waals surface area (Å²) in [5.41, 5.74) is 0. The Labute approximate surface area is 117 Å². The van der Waals surface area contributed by atoms with Crippen molar-refractivity contribution in [3.8, 4) is 0 Å². The van der Waals surface area contributed by atoms with Crippen molar-refractivity contribution in [2.75, 3.05) is 32.7 Å². The van der Waals surface area contributed by atoms with Crippen molar-refractivity contribution in [3.05, 3.63) is 38.0 Å². The highest BCUT2D eigenvalue weighted by atomic mass is 16.2. The Hall–Kier alpha value is -1.39. The van der Waals surface area contributed by atoms with E-state index < -0.39 is 0 Å². The quantitative estimate of drug-likeness (QED) is 0.333. The summed E-state index contributed by atoms with van der Waals surface area (Å²) in [4.78, 5) is 12.2. The average Bonchev–Trinajstić information content (AvgIpc) is 2.40. The van der Waals surface area contributed by atoms with Gasteiger partial charge in [-0.15, -0.1) is 19.7 Å². The Morgan fingerprint density at radius 2 is 1.79 bits per heavy atom. The number of carbonyl (C=O) groups is 1. The zero-order valence-corrected chi connectivity index (χ0v) is 12.1. The summed E-state index contributed by atoms with van der Waals surface area (Å²) in [6.45, 7) is 16.6. The number of rotatable bonds is 12. The van der Waals surface area contributed by atoms with Gasteiger partial charge in [-0.25, -0.2) is 5.01 Å².